The molecule has 2 fully saturated rings. The van der Waals surface area contributed by atoms with Crippen LogP contribution in [0.1, 0.15) is 72.5 Å². The summed E-state index contributed by atoms with van der Waals surface area (Å²) in [5, 5.41) is 0. The van der Waals surface area contributed by atoms with Gasteiger partial charge in [0.05, 0.1) is 5.56 Å². The summed E-state index contributed by atoms with van der Waals surface area (Å²) in [6, 6.07) is 21.4. The fourth-order valence-electron chi connectivity index (χ4n) is 5.62. The van der Waals surface area contributed by atoms with E-state index in [4.69, 9.17) is 4.74 Å². The molecule has 3 aromatic carbocycles. The van der Waals surface area contributed by atoms with Gasteiger partial charge in [0.15, 0.2) is 0 Å². The van der Waals surface area contributed by atoms with Crippen molar-refractivity contribution in [1.82, 2.24) is 4.90 Å². The molecule has 0 N–H and O–H groups in total. The number of nitrogens with zero attached hydrogens (tertiary/aromatic N) is 1. The highest BCUT2D eigenvalue weighted by molar-refractivity contribution is 7.98. The van der Waals surface area contributed by atoms with Crippen LogP contribution in [-0.4, -0.2) is 29.0 Å². The molecule has 0 aliphatic carbocycles. The fraction of sp³-hybridized carbons (Fsp3) is 0.387. The molecule has 0 saturated carbocycles. The zero-order valence-electron chi connectivity index (χ0n) is 21.6. The first-order valence-electron chi connectivity index (χ1n) is 13.2. The predicted octanol–water partition coefficient (Wildman–Crippen LogP) is 8.34. The summed E-state index contributed by atoms with van der Waals surface area (Å²) in [5.41, 5.74) is 2.18. The number of alkyl halides is 3. The smallest absolute Gasteiger partial charge is 0.416 e. The Hall–Kier alpha value is -2.93. The van der Waals surface area contributed by atoms with Gasteiger partial charge in [0.2, 0.25) is 0 Å². The molecule has 1 amide bonds. The van der Waals surface area contributed by atoms with Gasteiger partial charge in [-0.05, 0) is 66.3 Å². The molecule has 0 spiro atoms. The topological polar surface area (TPSA) is 29.5 Å². The molecule has 0 aromatic heterocycles. The van der Waals surface area contributed by atoms with Crippen LogP contribution in [0.4, 0.5) is 13.2 Å². The number of benzene rings is 3. The number of hydrogen-bond acceptors (Lipinski definition) is 3. The van der Waals surface area contributed by atoms with Gasteiger partial charge in [0, 0.05) is 41.1 Å². The van der Waals surface area contributed by atoms with E-state index in [0.29, 0.717) is 22.1 Å². The minimum atomic E-state index is -4.35. The molecule has 2 heterocycles. The zero-order chi connectivity index (χ0) is 26.9. The molecule has 3 aromatic rings. The Morgan fingerprint density at radius 3 is 2.32 bits per heavy atom. The molecular formula is C31H32F3NO2S. The average Bonchev–Trinajstić information content (AvgIpc) is 3.17. The van der Waals surface area contributed by atoms with E-state index < -0.39 is 11.7 Å². The third-order valence-corrected chi connectivity index (χ3v) is 8.59. The van der Waals surface area contributed by atoms with Gasteiger partial charge in [-0.15, -0.1) is 11.8 Å². The fourth-order valence-corrected chi connectivity index (χ4v) is 6.53. The van der Waals surface area contributed by atoms with E-state index in [0.717, 1.165) is 43.1 Å². The van der Waals surface area contributed by atoms with E-state index >= 15 is 0 Å². The van der Waals surface area contributed by atoms with Gasteiger partial charge in [0.1, 0.15) is 11.9 Å². The van der Waals surface area contributed by atoms with Gasteiger partial charge < -0.3 is 9.64 Å². The molecule has 38 heavy (non-hydrogen) atoms. The lowest BCUT2D eigenvalue weighted by molar-refractivity contribution is -0.137. The van der Waals surface area contributed by atoms with Crippen molar-refractivity contribution >= 4 is 17.7 Å². The van der Waals surface area contributed by atoms with Gasteiger partial charge in [0.25, 0.3) is 5.91 Å². The maximum atomic E-state index is 13.5. The van der Waals surface area contributed by atoms with Crippen LogP contribution in [0.2, 0.25) is 0 Å². The molecule has 2 unspecified atom stereocenters. The largest absolute Gasteiger partial charge is 0.490 e. The second kappa shape index (κ2) is 11.0. The van der Waals surface area contributed by atoms with Crippen LogP contribution in [0, 0.1) is 0 Å². The van der Waals surface area contributed by atoms with E-state index in [1.165, 1.54) is 29.5 Å². The van der Waals surface area contributed by atoms with Crippen molar-refractivity contribution in [2.45, 2.75) is 80.5 Å². The predicted molar refractivity (Wildman–Crippen MR) is 145 cm³/mol. The summed E-state index contributed by atoms with van der Waals surface area (Å²) in [4.78, 5) is 16.1. The number of para-hydroxylation sites is 1. The Bertz CT molecular complexity index is 1260. The highest BCUT2D eigenvalue weighted by Gasteiger charge is 2.44. The van der Waals surface area contributed by atoms with Crippen LogP contribution in [0.3, 0.4) is 0 Å². The number of carbonyl (C=O) groups is 1. The second-order valence-electron chi connectivity index (χ2n) is 10.5. The molecule has 2 aliphatic rings. The molecule has 0 radical (unpaired) electrons. The molecule has 2 bridgehead atoms. The molecule has 7 heteroatoms. The van der Waals surface area contributed by atoms with Gasteiger partial charge in [-0.1, -0.05) is 50.2 Å². The third-order valence-electron chi connectivity index (χ3n) is 7.53. The molecule has 2 saturated heterocycles. The second-order valence-corrected chi connectivity index (χ2v) is 11.6. The van der Waals surface area contributed by atoms with Crippen molar-refractivity contribution in [2.75, 3.05) is 0 Å². The molecule has 5 rings (SSSR count). The molecule has 2 aliphatic heterocycles. The number of carbonyl (C=O) groups excluding carboxylic acids is 1. The lowest BCUT2D eigenvalue weighted by atomic mass is 9.97. The van der Waals surface area contributed by atoms with Crippen LogP contribution in [0.25, 0.3) is 0 Å². The van der Waals surface area contributed by atoms with E-state index in [1.807, 2.05) is 42.5 Å². The Kier molecular flexibility index (Phi) is 7.75. The highest BCUT2D eigenvalue weighted by atomic mass is 32.2. The number of fused-ring (bicyclic) bond motifs is 2. The summed E-state index contributed by atoms with van der Waals surface area (Å²) < 4.78 is 45.4. The third kappa shape index (κ3) is 5.88. The molecular weight excluding hydrogens is 507 g/mol. The van der Waals surface area contributed by atoms with E-state index in [-0.39, 0.29) is 24.1 Å². The van der Waals surface area contributed by atoms with Crippen molar-refractivity contribution in [1.29, 1.82) is 0 Å². The van der Waals surface area contributed by atoms with Crippen LogP contribution >= 0.6 is 11.8 Å². The van der Waals surface area contributed by atoms with Crippen molar-refractivity contribution in [3.8, 4) is 5.75 Å². The minimum Gasteiger partial charge on any atom is -0.490 e. The Morgan fingerprint density at radius 1 is 0.974 bits per heavy atom. The normalized spacial score (nSPS) is 21.1. The number of hydrogen-bond donors (Lipinski definition) is 0. The Morgan fingerprint density at radius 2 is 1.66 bits per heavy atom. The number of halogens is 3. The van der Waals surface area contributed by atoms with Gasteiger partial charge in [-0.3, -0.25) is 4.79 Å². The van der Waals surface area contributed by atoms with Crippen LogP contribution in [-0.2, 0) is 11.9 Å². The number of piperidine rings is 1. The van der Waals surface area contributed by atoms with Crippen LogP contribution in [0.5, 0.6) is 5.75 Å². The maximum absolute atomic E-state index is 13.5. The van der Waals surface area contributed by atoms with Gasteiger partial charge in [-0.25, -0.2) is 0 Å². The average molecular weight is 540 g/mol. The Labute approximate surface area is 226 Å². The first-order valence-corrected chi connectivity index (χ1v) is 14.1. The molecule has 3 nitrogen and oxygen atoms in total. The first-order chi connectivity index (χ1) is 18.2. The van der Waals surface area contributed by atoms with Gasteiger partial charge >= 0.3 is 6.18 Å². The van der Waals surface area contributed by atoms with E-state index in [9.17, 15) is 18.0 Å². The zero-order valence-corrected chi connectivity index (χ0v) is 22.4. The number of ether oxygens (including phenoxy) is 1. The highest BCUT2D eigenvalue weighted by Crippen LogP contribution is 2.39. The Balaban J connectivity index is 1.20. The quantitative estimate of drug-likeness (QED) is 0.283. The monoisotopic (exact) mass is 539 g/mol. The van der Waals surface area contributed by atoms with Gasteiger partial charge in [-0.2, -0.15) is 13.2 Å². The van der Waals surface area contributed by atoms with E-state index in [1.54, 1.807) is 6.07 Å². The summed E-state index contributed by atoms with van der Waals surface area (Å²) in [6.45, 7) is 4.34. The van der Waals surface area contributed by atoms with E-state index in [2.05, 4.69) is 24.8 Å². The molecule has 2 atom stereocenters. The van der Waals surface area contributed by atoms with Crippen molar-refractivity contribution in [2.24, 2.45) is 0 Å². The number of thioether (sulfide) groups is 1. The first kappa shape index (κ1) is 26.7. The molecule has 200 valence electrons. The summed E-state index contributed by atoms with van der Waals surface area (Å²) in [5.74, 6) is 1.92. The van der Waals surface area contributed by atoms with Crippen molar-refractivity contribution in [3.05, 3.63) is 95.1 Å². The summed E-state index contributed by atoms with van der Waals surface area (Å²) >= 11 is 1.35. The van der Waals surface area contributed by atoms with Crippen LogP contribution < -0.4 is 4.74 Å². The van der Waals surface area contributed by atoms with Crippen molar-refractivity contribution in [3.63, 3.8) is 0 Å². The maximum Gasteiger partial charge on any atom is 0.416 e. The lowest BCUT2D eigenvalue weighted by Gasteiger charge is -2.39. The lowest BCUT2D eigenvalue weighted by Crippen LogP contribution is -2.49. The van der Waals surface area contributed by atoms with Crippen LogP contribution in [0.15, 0.2) is 77.7 Å². The summed E-state index contributed by atoms with van der Waals surface area (Å²) in [7, 11) is 0. The standard InChI is InChI=1S/C31H32F3NO2S/c1-20(2)28-8-3-4-9-29(28)37-26-17-24-14-15-25(18-26)35(24)30(36)22-12-10-21(11-13-22)19-38-27-7-5-6-23(16-27)31(32,33)34/h3-13,16,20,24-26H,14-15,17-19H2,1-2H3. The summed E-state index contributed by atoms with van der Waals surface area (Å²) in [6.07, 6.45) is -0.591. The number of rotatable bonds is 7. The number of amides is 1. The van der Waals surface area contributed by atoms with Crippen molar-refractivity contribution < 1.29 is 22.7 Å². The SMILES string of the molecule is CC(C)c1ccccc1OC1CC2CCC(C1)N2C(=O)c1ccc(CSc2cccc(C(F)(F)F)c2)cc1. The minimum absolute atomic E-state index is 0.0515.